The first-order valence-electron chi connectivity index (χ1n) is 17.9. The van der Waals surface area contributed by atoms with Gasteiger partial charge in [-0.15, -0.1) is 0 Å². The van der Waals surface area contributed by atoms with E-state index in [2.05, 4.69) is 35.1 Å². The molecule has 0 bridgehead atoms. The van der Waals surface area contributed by atoms with Crippen molar-refractivity contribution in [3.8, 4) is 0 Å². The first-order chi connectivity index (χ1) is 21.8. The molecule has 1 heterocycles. The van der Waals surface area contributed by atoms with Crippen molar-refractivity contribution in [3.63, 3.8) is 0 Å². The number of hydrogen-bond donors (Lipinski definition) is 4. The summed E-state index contributed by atoms with van der Waals surface area (Å²) < 4.78 is 0. The van der Waals surface area contributed by atoms with Gasteiger partial charge in [0.05, 0.1) is 6.04 Å². The largest absolute Gasteiger partial charge is 0.347 e. The molecule has 0 spiro atoms. The fraction of sp³-hybridized carbons (Fsp3) is 0.833. The minimum absolute atomic E-state index is 0.0169. The van der Waals surface area contributed by atoms with Gasteiger partial charge in [-0.25, -0.2) is 0 Å². The number of hydrogen-bond acceptors (Lipinski definition) is 6. The highest BCUT2D eigenvalue weighted by molar-refractivity contribution is 6.38. The van der Waals surface area contributed by atoms with Crippen LogP contribution in [-0.4, -0.2) is 77.0 Å². The van der Waals surface area contributed by atoms with Crippen LogP contribution in [0.5, 0.6) is 0 Å². The van der Waals surface area contributed by atoms with Crippen LogP contribution in [0, 0.1) is 28.6 Å². The number of carbonyl (C=O) groups is 6. The summed E-state index contributed by atoms with van der Waals surface area (Å²) in [4.78, 5) is 82.7. The van der Waals surface area contributed by atoms with Crippen molar-refractivity contribution in [1.82, 2.24) is 26.2 Å². The summed E-state index contributed by atoms with van der Waals surface area (Å²) in [7, 11) is 0. The number of Topliss-reactive ketones (excluding diaryl/α,β-unsaturated/α-hetero) is 1. The third-order valence-corrected chi connectivity index (χ3v) is 9.98. The van der Waals surface area contributed by atoms with Gasteiger partial charge in [-0.2, -0.15) is 0 Å². The molecular weight excluding hydrogens is 598 g/mol. The van der Waals surface area contributed by atoms with Crippen molar-refractivity contribution in [2.45, 2.75) is 157 Å². The van der Waals surface area contributed by atoms with Gasteiger partial charge in [0.2, 0.25) is 29.4 Å². The van der Waals surface area contributed by atoms with Crippen LogP contribution in [0.4, 0.5) is 0 Å². The van der Waals surface area contributed by atoms with E-state index in [1.54, 1.807) is 4.90 Å². The van der Waals surface area contributed by atoms with Crippen molar-refractivity contribution in [1.29, 1.82) is 0 Å². The molecule has 11 heteroatoms. The minimum Gasteiger partial charge on any atom is -0.347 e. The standard InChI is InChI=1S/C36H61N5O6/c1-10-14-25(28(42)32(45)37-24-17-18-24)38-30(43)26-19-23(21(2)3)20-41(26)33(46)29(35(4,5)6)40-31(44)27(22-15-12-11-13-16-22)39-34(47)36(7,8)9/h21-27,29H,10-20H2,1-9H3,(H,37,45)(H,38,43)(H,39,47)(H,40,44)/t23-,25+,26+,27+,29-/m1/s1. The highest BCUT2D eigenvalue weighted by Crippen LogP contribution is 2.33. The predicted octanol–water partition coefficient (Wildman–Crippen LogP) is 3.63. The summed E-state index contributed by atoms with van der Waals surface area (Å²) in [5.74, 6) is -2.63. The zero-order valence-electron chi connectivity index (χ0n) is 30.3. The van der Waals surface area contributed by atoms with E-state index in [9.17, 15) is 28.8 Å². The van der Waals surface area contributed by atoms with Crippen LogP contribution in [0.1, 0.15) is 127 Å². The van der Waals surface area contributed by atoms with Crippen LogP contribution < -0.4 is 21.3 Å². The van der Waals surface area contributed by atoms with Gasteiger partial charge in [0.15, 0.2) is 0 Å². The van der Waals surface area contributed by atoms with Gasteiger partial charge in [-0.3, -0.25) is 28.8 Å². The number of amides is 5. The summed E-state index contributed by atoms with van der Waals surface area (Å²) >= 11 is 0. The molecule has 0 radical (unpaired) electrons. The smallest absolute Gasteiger partial charge is 0.289 e. The van der Waals surface area contributed by atoms with Crippen molar-refractivity contribution >= 4 is 35.3 Å². The SMILES string of the molecule is CCC[C@H](NC(=O)[C@@H]1C[C@@H](C(C)C)CN1C(=O)[C@@H](NC(=O)[C@@H](NC(=O)C(C)(C)C)C1CCCCC1)C(C)(C)C)C(=O)C(=O)NC1CC1. The molecule has 0 aromatic rings. The van der Waals surface area contributed by atoms with Gasteiger partial charge >= 0.3 is 0 Å². The summed E-state index contributed by atoms with van der Waals surface area (Å²) in [6.07, 6.45) is 7.67. The van der Waals surface area contributed by atoms with Gasteiger partial charge in [0, 0.05) is 18.0 Å². The monoisotopic (exact) mass is 659 g/mol. The van der Waals surface area contributed by atoms with Crippen LogP contribution in [0.15, 0.2) is 0 Å². The molecule has 3 fully saturated rings. The predicted molar refractivity (Wildman–Crippen MR) is 181 cm³/mol. The lowest BCUT2D eigenvalue weighted by molar-refractivity contribution is -0.145. The Kier molecular flexibility index (Phi) is 13.1. The Morgan fingerprint density at radius 3 is 1.94 bits per heavy atom. The number of nitrogens with one attached hydrogen (secondary N) is 4. The molecule has 5 atom stereocenters. The molecule has 1 aliphatic heterocycles. The van der Waals surface area contributed by atoms with Gasteiger partial charge in [-0.1, -0.05) is 88.0 Å². The van der Waals surface area contributed by atoms with Gasteiger partial charge in [-0.05, 0) is 61.7 Å². The highest BCUT2D eigenvalue weighted by Gasteiger charge is 2.47. The molecule has 3 aliphatic rings. The lowest BCUT2D eigenvalue weighted by Gasteiger charge is -2.38. The van der Waals surface area contributed by atoms with Crippen molar-refractivity contribution in [3.05, 3.63) is 0 Å². The summed E-state index contributed by atoms with van der Waals surface area (Å²) in [6, 6.07) is -3.56. The Balaban J connectivity index is 1.86. The topological polar surface area (TPSA) is 154 Å². The molecule has 1 saturated heterocycles. The van der Waals surface area contributed by atoms with Gasteiger partial charge in [0.25, 0.3) is 5.91 Å². The first kappa shape index (κ1) is 38.5. The third-order valence-electron chi connectivity index (χ3n) is 9.98. The minimum atomic E-state index is -0.984. The lowest BCUT2D eigenvalue weighted by Crippen LogP contribution is -2.62. The fourth-order valence-corrected chi connectivity index (χ4v) is 6.58. The quantitative estimate of drug-likeness (QED) is 0.222. The van der Waals surface area contributed by atoms with Gasteiger partial charge in [0.1, 0.15) is 18.1 Å². The Bertz CT molecular complexity index is 1160. The average Bonchev–Trinajstić information content (AvgIpc) is 3.69. The summed E-state index contributed by atoms with van der Waals surface area (Å²) in [5, 5.41) is 11.6. The van der Waals surface area contributed by atoms with Crippen LogP contribution in [0.2, 0.25) is 0 Å². The Labute approximate surface area is 281 Å². The van der Waals surface area contributed by atoms with Crippen LogP contribution in [-0.2, 0) is 28.8 Å². The molecule has 2 aliphatic carbocycles. The second kappa shape index (κ2) is 15.9. The summed E-state index contributed by atoms with van der Waals surface area (Å²) in [5.41, 5.74) is -1.40. The van der Waals surface area contributed by atoms with E-state index in [-0.39, 0.29) is 35.6 Å². The van der Waals surface area contributed by atoms with Crippen LogP contribution in [0.3, 0.4) is 0 Å². The normalized spacial score (nSPS) is 22.6. The number of rotatable bonds is 13. The van der Waals surface area contributed by atoms with Crippen molar-refractivity contribution in [2.24, 2.45) is 28.6 Å². The van der Waals surface area contributed by atoms with E-state index in [4.69, 9.17) is 0 Å². The maximum atomic E-state index is 14.5. The first-order valence-corrected chi connectivity index (χ1v) is 17.9. The molecule has 0 aromatic carbocycles. The second-order valence-corrected chi connectivity index (χ2v) is 16.6. The van der Waals surface area contributed by atoms with Crippen molar-refractivity contribution < 1.29 is 28.8 Å². The second-order valence-electron chi connectivity index (χ2n) is 16.6. The van der Waals surface area contributed by atoms with E-state index in [0.29, 0.717) is 25.8 Å². The van der Waals surface area contributed by atoms with Crippen LogP contribution in [0.25, 0.3) is 0 Å². The molecule has 11 nitrogen and oxygen atoms in total. The lowest BCUT2D eigenvalue weighted by atomic mass is 9.81. The number of carbonyl (C=O) groups excluding carboxylic acids is 6. The zero-order chi connectivity index (χ0) is 35.3. The van der Waals surface area contributed by atoms with E-state index < -0.39 is 58.5 Å². The van der Waals surface area contributed by atoms with Crippen LogP contribution >= 0.6 is 0 Å². The molecule has 5 amide bonds. The third kappa shape index (κ3) is 10.5. The van der Waals surface area contributed by atoms with E-state index >= 15 is 0 Å². The van der Waals surface area contributed by atoms with E-state index in [0.717, 1.165) is 44.9 Å². The molecule has 3 rings (SSSR count). The number of ketones is 1. The Morgan fingerprint density at radius 2 is 1.43 bits per heavy atom. The molecule has 2 saturated carbocycles. The fourth-order valence-electron chi connectivity index (χ4n) is 6.58. The summed E-state index contributed by atoms with van der Waals surface area (Å²) in [6.45, 7) is 17.4. The van der Waals surface area contributed by atoms with E-state index in [1.807, 2.05) is 48.5 Å². The number of likely N-dealkylation sites (tertiary alicyclic amines) is 1. The van der Waals surface area contributed by atoms with Gasteiger partial charge < -0.3 is 26.2 Å². The average molecular weight is 660 g/mol. The maximum Gasteiger partial charge on any atom is 0.289 e. The molecule has 47 heavy (non-hydrogen) atoms. The zero-order valence-corrected chi connectivity index (χ0v) is 30.3. The molecule has 4 N–H and O–H groups in total. The Hall–Kier alpha value is -2.98. The molecule has 266 valence electrons. The van der Waals surface area contributed by atoms with Crippen molar-refractivity contribution in [2.75, 3.05) is 6.54 Å². The highest BCUT2D eigenvalue weighted by atomic mass is 16.2. The molecule has 0 aromatic heterocycles. The Morgan fingerprint density at radius 1 is 0.809 bits per heavy atom. The molecular formula is C36H61N5O6. The molecule has 0 unspecified atom stereocenters. The van der Waals surface area contributed by atoms with E-state index in [1.165, 1.54) is 0 Å². The maximum absolute atomic E-state index is 14.5. The number of nitrogens with zero attached hydrogens (tertiary/aromatic N) is 1.